The van der Waals surface area contributed by atoms with Crippen molar-refractivity contribution >= 4 is 17.9 Å². The minimum absolute atomic E-state index is 0.240. The van der Waals surface area contributed by atoms with Gasteiger partial charge in [0.15, 0.2) is 0 Å². The van der Waals surface area contributed by atoms with E-state index in [0.29, 0.717) is 40.5 Å². The number of rotatable bonds is 11. The Hall–Kier alpha value is -4.91. The summed E-state index contributed by atoms with van der Waals surface area (Å²) in [6, 6.07) is 17.3. The van der Waals surface area contributed by atoms with E-state index in [9.17, 15) is 14.4 Å². The number of carbonyl (C=O) groups is 3. The van der Waals surface area contributed by atoms with E-state index in [2.05, 4.69) is 13.2 Å². The number of ether oxygens (including phenoxy) is 4. The molecule has 3 aromatic carbocycles. The number of allylic oxidation sites excluding steroid dienone is 1. The topological polar surface area (TPSA) is 88.1 Å². The van der Waals surface area contributed by atoms with Crippen molar-refractivity contribution in [2.45, 2.75) is 34.6 Å². The third kappa shape index (κ3) is 8.29. The molecule has 0 aromatic heterocycles. The van der Waals surface area contributed by atoms with Crippen LogP contribution >= 0.6 is 0 Å². The summed E-state index contributed by atoms with van der Waals surface area (Å²) in [4.78, 5) is 36.5. The van der Waals surface area contributed by atoms with E-state index in [1.165, 1.54) is 0 Å². The second kappa shape index (κ2) is 13.9. The molecule has 212 valence electrons. The van der Waals surface area contributed by atoms with Gasteiger partial charge >= 0.3 is 17.9 Å². The maximum atomic E-state index is 12.6. The molecule has 0 radical (unpaired) electrons. The summed E-state index contributed by atoms with van der Waals surface area (Å²) >= 11 is 0. The molecule has 0 saturated carbocycles. The Morgan fingerprint density at radius 1 is 0.732 bits per heavy atom. The number of benzene rings is 3. The van der Waals surface area contributed by atoms with E-state index in [1.54, 1.807) is 88.4 Å². The van der Waals surface area contributed by atoms with Crippen LogP contribution in [0.2, 0.25) is 0 Å². The van der Waals surface area contributed by atoms with Crippen LogP contribution in [0.4, 0.5) is 0 Å². The van der Waals surface area contributed by atoms with Crippen LogP contribution in [-0.2, 0) is 14.4 Å². The van der Waals surface area contributed by atoms with Crippen molar-refractivity contribution < 1.29 is 33.3 Å². The lowest BCUT2D eigenvalue weighted by Gasteiger charge is -2.18. The molecule has 0 aliphatic heterocycles. The van der Waals surface area contributed by atoms with Gasteiger partial charge in [0.05, 0.1) is 5.92 Å². The second-order valence-electron chi connectivity index (χ2n) is 9.69. The van der Waals surface area contributed by atoms with Crippen LogP contribution in [-0.4, -0.2) is 24.5 Å². The van der Waals surface area contributed by atoms with E-state index in [-0.39, 0.29) is 28.8 Å². The maximum Gasteiger partial charge on any atom is 0.338 e. The van der Waals surface area contributed by atoms with Gasteiger partial charge in [-0.1, -0.05) is 63.4 Å². The molecular formula is C34H34O7. The first-order valence-corrected chi connectivity index (χ1v) is 13.1. The van der Waals surface area contributed by atoms with Crippen molar-refractivity contribution in [2.24, 2.45) is 5.92 Å². The Bertz CT molecular complexity index is 1480. The molecule has 0 atom stereocenters. The number of esters is 3. The molecule has 41 heavy (non-hydrogen) atoms. The summed E-state index contributed by atoms with van der Waals surface area (Å²) in [5, 5.41) is 0. The molecule has 3 aromatic rings. The van der Waals surface area contributed by atoms with Crippen LogP contribution in [0.25, 0.3) is 22.3 Å². The molecule has 0 saturated heterocycles. The van der Waals surface area contributed by atoms with Crippen molar-refractivity contribution in [1.82, 2.24) is 0 Å². The molecule has 0 aliphatic rings. The lowest BCUT2D eigenvalue weighted by molar-refractivity contribution is -0.137. The fourth-order valence-corrected chi connectivity index (χ4v) is 3.47. The van der Waals surface area contributed by atoms with Gasteiger partial charge in [0, 0.05) is 22.3 Å². The van der Waals surface area contributed by atoms with Crippen molar-refractivity contribution in [1.29, 1.82) is 0 Å². The van der Waals surface area contributed by atoms with Crippen molar-refractivity contribution in [3.8, 4) is 45.3 Å². The van der Waals surface area contributed by atoms with Gasteiger partial charge in [-0.15, -0.1) is 0 Å². The summed E-state index contributed by atoms with van der Waals surface area (Å²) in [5.41, 5.74) is 3.22. The highest BCUT2D eigenvalue weighted by atomic mass is 16.5. The van der Waals surface area contributed by atoms with Gasteiger partial charge in [-0.25, -0.2) is 9.59 Å². The smallest absolute Gasteiger partial charge is 0.338 e. The fraction of sp³-hybridized carbons (Fsp3) is 0.206. The molecular weight excluding hydrogens is 520 g/mol. The molecule has 0 aliphatic carbocycles. The average Bonchev–Trinajstić information content (AvgIpc) is 2.94. The number of hydrogen-bond donors (Lipinski definition) is 0. The summed E-state index contributed by atoms with van der Waals surface area (Å²) in [6.07, 6.45) is 3.75. The van der Waals surface area contributed by atoms with E-state index in [0.717, 1.165) is 5.56 Å². The largest absolute Gasteiger partial charge is 0.489 e. The van der Waals surface area contributed by atoms with Gasteiger partial charge in [-0.05, 0) is 68.3 Å². The van der Waals surface area contributed by atoms with E-state index < -0.39 is 11.9 Å². The Labute approximate surface area is 240 Å². The molecule has 7 nitrogen and oxygen atoms in total. The maximum absolute atomic E-state index is 12.6. The highest BCUT2D eigenvalue weighted by Gasteiger charge is 2.19. The van der Waals surface area contributed by atoms with Gasteiger partial charge in [0.1, 0.15) is 29.6 Å². The zero-order valence-electron chi connectivity index (χ0n) is 24.0. The normalized spacial score (nSPS) is 10.8. The molecule has 0 bridgehead atoms. The van der Waals surface area contributed by atoms with Crippen molar-refractivity contribution in [3.05, 3.63) is 97.1 Å². The molecule has 0 heterocycles. The highest BCUT2D eigenvalue weighted by Crippen LogP contribution is 2.42. The molecule has 0 spiro atoms. The monoisotopic (exact) mass is 554 g/mol. The third-order valence-corrected chi connectivity index (χ3v) is 5.78. The SMILES string of the molecule is C=C(C)C(=O)Oc1ccc(-c2cc(OC/C=C/C)c(-c3ccc(OC(=O)C(C)C)cc3)cc2OC(=O)C(=C)C)cc1. The molecule has 0 N–H and O–H groups in total. The van der Waals surface area contributed by atoms with Gasteiger partial charge in [0.25, 0.3) is 0 Å². The van der Waals surface area contributed by atoms with Crippen LogP contribution < -0.4 is 18.9 Å². The van der Waals surface area contributed by atoms with Gasteiger partial charge in [-0.3, -0.25) is 4.79 Å². The van der Waals surface area contributed by atoms with Crippen LogP contribution in [0.5, 0.6) is 23.0 Å². The molecule has 0 amide bonds. The summed E-state index contributed by atoms with van der Waals surface area (Å²) < 4.78 is 22.6. The van der Waals surface area contributed by atoms with Gasteiger partial charge in [-0.2, -0.15) is 0 Å². The zero-order chi connectivity index (χ0) is 30.1. The first-order chi connectivity index (χ1) is 19.5. The molecule has 3 rings (SSSR count). The predicted molar refractivity (Wildman–Crippen MR) is 159 cm³/mol. The zero-order valence-corrected chi connectivity index (χ0v) is 24.0. The minimum Gasteiger partial charge on any atom is -0.489 e. The minimum atomic E-state index is -0.581. The Kier molecular flexibility index (Phi) is 10.4. The Balaban J connectivity index is 2.11. The molecule has 7 heteroatoms. The lowest BCUT2D eigenvalue weighted by Crippen LogP contribution is -2.14. The van der Waals surface area contributed by atoms with Gasteiger partial charge in [0.2, 0.25) is 0 Å². The van der Waals surface area contributed by atoms with Crippen LogP contribution in [0.3, 0.4) is 0 Å². The van der Waals surface area contributed by atoms with Gasteiger partial charge < -0.3 is 18.9 Å². The number of carbonyl (C=O) groups excluding carboxylic acids is 3. The quantitative estimate of drug-likeness (QED) is 0.105. The van der Waals surface area contributed by atoms with E-state index in [1.807, 2.05) is 19.1 Å². The summed E-state index contributed by atoms with van der Waals surface area (Å²) in [5.74, 6) is -0.0983. The third-order valence-electron chi connectivity index (χ3n) is 5.78. The first-order valence-electron chi connectivity index (χ1n) is 13.1. The summed E-state index contributed by atoms with van der Waals surface area (Å²) in [6.45, 7) is 16.2. The van der Waals surface area contributed by atoms with Crippen LogP contribution in [0.15, 0.2) is 97.1 Å². The Morgan fingerprint density at radius 3 is 1.68 bits per heavy atom. The van der Waals surface area contributed by atoms with E-state index in [4.69, 9.17) is 18.9 Å². The number of hydrogen-bond acceptors (Lipinski definition) is 7. The van der Waals surface area contributed by atoms with Crippen LogP contribution in [0, 0.1) is 5.92 Å². The standard InChI is InChI=1S/C34H34O7/c1-8-9-18-38-30-19-29(25-12-16-27(17-13-25)40-33(36)22(4)5)31(41-34(37)23(6)7)20-28(30)24-10-14-26(15-11-24)39-32(35)21(2)3/h8-17,19-21H,4,6,18H2,1-3,5,7H3/b9-8+. The second-order valence-corrected chi connectivity index (χ2v) is 9.69. The summed E-state index contributed by atoms with van der Waals surface area (Å²) in [7, 11) is 0. The van der Waals surface area contributed by atoms with Crippen molar-refractivity contribution in [2.75, 3.05) is 6.61 Å². The van der Waals surface area contributed by atoms with E-state index >= 15 is 0 Å². The Morgan fingerprint density at radius 2 is 1.20 bits per heavy atom. The average molecular weight is 555 g/mol. The van der Waals surface area contributed by atoms with Crippen LogP contribution in [0.1, 0.15) is 34.6 Å². The predicted octanol–water partition coefficient (Wildman–Crippen LogP) is 7.50. The fourth-order valence-electron chi connectivity index (χ4n) is 3.47. The highest BCUT2D eigenvalue weighted by molar-refractivity contribution is 5.92. The molecule has 0 fully saturated rings. The molecule has 0 unspecified atom stereocenters. The lowest BCUT2D eigenvalue weighted by atomic mass is 9.97. The van der Waals surface area contributed by atoms with Crippen molar-refractivity contribution in [3.63, 3.8) is 0 Å². The first kappa shape index (κ1) is 30.6.